The van der Waals surface area contributed by atoms with E-state index in [4.69, 9.17) is 14.2 Å². The lowest BCUT2D eigenvalue weighted by atomic mass is 10.2. The first-order valence-electron chi connectivity index (χ1n) is 8.57. The highest BCUT2D eigenvalue weighted by atomic mass is 32.2. The van der Waals surface area contributed by atoms with Crippen LogP contribution in [0.25, 0.3) is 0 Å². The Bertz CT molecular complexity index is 913. The van der Waals surface area contributed by atoms with E-state index < -0.39 is 12.1 Å². The number of carbonyl (C=O) groups is 3. The molecule has 3 rings (SSSR count). The summed E-state index contributed by atoms with van der Waals surface area (Å²) in [4.78, 5) is 36.5. The zero-order valence-electron chi connectivity index (χ0n) is 15.4. The number of thioether (sulfide) groups is 1. The molecule has 0 radical (unpaired) electrons. The molecule has 0 spiro atoms. The van der Waals surface area contributed by atoms with Gasteiger partial charge in [-0.2, -0.15) is 0 Å². The molecule has 1 N–H and O–H groups in total. The van der Waals surface area contributed by atoms with Gasteiger partial charge in [0.15, 0.2) is 23.4 Å². The van der Waals surface area contributed by atoms with E-state index in [-0.39, 0.29) is 24.2 Å². The molecule has 0 aliphatic carbocycles. The number of carbonyl (C=O) groups excluding carboxylic acids is 3. The maximum absolute atomic E-state index is 12.3. The Kier molecular flexibility index (Phi) is 6.20. The number of benzene rings is 2. The molecule has 0 saturated carbocycles. The van der Waals surface area contributed by atoms with Gasteiger partial charge in [-0.25, -0.2) is 4.79 Å². The van der Waals surface area contributed by atoms with E-state index in [9.17, 15) is 14.4 Å². The van der Waals surface area contributed by atoms with Crippen molar-refractivity contribution in [2.24, 2.45) is 0 Å². The van der Waals surface area contributed by atoms with Gasteiger partial charge in [-0.1, -0.05) is 12.1 Å². The Balaban J connectivity index is 1.60. The van der Waals surface area contributed by atoms with Crippen LogP contribution in [0.5, 0.6) is 11.5 Å². The molecule has 1 aliphatic rings. The Hall–Kier alpha value is -3.00. The van der Waals surface area contributed by atoms with Gasteiger partial charge >= 0.3 is 5.97 Å². The SMILES string of the molecule is CC(=O)C(C)OC(=O)c1ccccc1SCC(=O)Nc1ccc2c(c1)OCO2. The number of esters is 1. The first-order valence-corrected chi connectivity index (χ1v) is 9.55. The third-order valence-corrected chi connectivity index (χ3v) is 5.05. The number of Topliss-reactive ketones (excluding diaryl/α,β-unsaturated/α-hetero) is 1. The predicted molar refractivity (Wildman–Crippen MR) is 104 cm³/mol. The molecular formula is C20H19NO6S. The Morgan fingerprint density at radius 2 is 1.89 bits per heavy atom. The van der Waals surface area contributed by atoms with Crippen LogP contribution in [-0.2, 0) is 14.3 Å². The van der Waals surface area contributed by atoms with Crippen molar-refractivity contribution in [2.75, 3.05) is 17.9 Å². The van der Waals surface area contributed by atoms with Crippen molar-refractivity contribution in [1.29, 1.82) is 0 Å². The standard InChI is InChI=1S/C20H19NO6S/c1-12(22)13(2)27-20(24)15-5-3-4-6-18(15)28-10-19(23)21-14-7-8-16-17(9-14)26-11-25-16/h3-9,13H,10-11H2,1-2H3,(H,21,23). The van der Waals surface area contributed by atoms with Crippen molar-refractivity contribution >= 4 is 35.1 Å². The van der Waals surface area contributed by atoms with Gasteiger partial charge in [-0.15, -0.1) is 11.8 Å². The first-order chi connectivity index (χ1) is 13.4. The molecule has 0 aromatic heterocycles. The summed E-state index contributed by atoms with van der Waals surface area (Å²) in [6, 6.07) is 12.0. The van der Waals surface area contributed by atoms with Crippen LogP contribution in [0.2, 0.25) is 0 Å². The maximum Gasteiger partial charge on any atom is 0.339 e. The lowest BCUT2D eigenvalue weighted by Gasteiger charge is -2.12. The lowest BCUT2D eigenvalue weighted by molar-refractivity contribution is -0.124. The monoisotopic (exact) mass is 401 g/mol. The van der Waals surface area contributed by atoms with Gasteiger partial charge in [0.25, 0.3) is 0 Å². The molecule has 0 bridgehead atoms. The van der Waals surface area contributed by atoms with E-state index in [2.05, 4.69) is 5.32 Å². The van der Waals surface area contributed by atoms with Gasteiger partial charge in [0.05, 0.1) is 11.3 Å². The summed E-state index contributed by atoms with van der Waals surface area (Å²) in [7, 11) is 0. The number of amides is 1. The number of nitrogens with one attached hydrogen (secondary N) is 1. The fourth-order valence-corrected chi connectivity index (χ4v) is 3.22. The lowest BCUT2D eigenvalue weighted by Crippen LogP contribution is -2.22. The summed E-state index contributed by atoms with van der Waals surface area (Å²) in [6.07, 6.45) is -0.820. The summed E-state index contributed by atoms with van der Waals surface area (Å²) >= 11 is 1.21. The normalized spacial score (nSPS) is 12.9. The van der Waals surface area contributed by atoms with Crippen LogP contribution >= 0.6 is 11.8 Å². The van der Waals surface area contributed by atoms with Crippen LogP contribution in [0.4, 0.5) is 5.69 Å². The van der Waals surface area contributed by atoms with Crippen LogP contribution in [0.1, 0.15) is 24.2 Å². The number of rotatable bonds is 7. The second-order valence-corrected chi connectivity index (χ2v) is 7.08. The highest BCUT2D eigenvalue weighted by Crippen LogP contribution is 2.34. The van der Waals surface area contributed by atoms with Crippen molar-refractivity contribution in [3.63, 3.8) is 0 Å². The van der Waals surface area contributed by atoms with Crippen LogP contribution in [0.15, 0.2) is 47.4 Å². The molecule has 0 saturated heterocycles. The Morgan fingerprint density at radius 3 is 2.68 bits per heavy atom. The van der Waals surface area contributed by atoms with E-state index in [0.717, 1.165) is 0 Å². The van der Waals surface area contributed by atoms with Gasteiger partial charge in [0.1, 0.15) is 0 Å². The van der Waals surface area contributed by atoms with Gasteiger partial charge in [-0.05, 0) is 38.1 Å². The van der Waals surface area contributed by atoms with Crippen LogP contribution in [0.3, 0.4) is 0 Å². The van der Waals surface area contributed by atoms with Gasteiger partial charge < -0.3 is 19.5 Å². The maximum atomic E-state index is 12.3. The topological polar surface area (TPSA) is 90.9 Å². The van der Waals surface area contributed by atoms with Crippen molar-refractivity contribution in [1.82, 2.24) is 0 Å². The third kappa shape index (κ3) is 4.83. The Morgan fingerprint density at radius 1 is 1.14 bits per heavy atom. The minimum absolute atomic E-state index is 0.0982. The third-order valence-electron chi connectivity index (χ3n) is 3.98. The molecule has 2 aromatic carbocycles. The quantitative estimate of drug-likeness (QED) is 0.562. The van der Waals surface area contributed by atoms with Crippen molar-refractivity contribution in [2.45, 2.75) is 24.8 Å². The van der Waals surface area contributed by atoms with Crippen molar-refractivity contribution in [3.8, 4) is 11.5 Å². The van der Waals surface area contributed by atoms with Gasteiger partial charge in [0, 0.05) is 16.6 Å². The molecule has 2 aromatic rings. The van der Waals surface area contributed by atoms with Crippen molar-refractivity contribution < 1.29 is 28.6 Å². The summed E-state index contributed by atoms with van der Waals surface area (Å²) < 4.78 is 15.7. The number of ether oxygens (including phenoxy) is 3. The number of anilines is 1. The highest BCUT2D eigenvalue weighted by molar-refractivity contribution is 8.00. The molecule has 7 nitrogen and oxygen atoms in total. The molecule has 28 heavy (non-hydrogen) atoms. The molecule has 1 amide bonds. The van der Waals surface area contributed by atoms with Gasteiger partial charge in [0.2, 0.25) is 12.7 Å². The summed E-state index contributed by atoms with van der Waals surface area (Å²) in [5, 5.41) is 2.78. The second-order valence-electron chi connectivity index (χ2n) is 6.06. The molecule has 1 atom stereocenters. The number of fused-ring (bicyclic) bond motifs is 1. The highest BCUT2D eigenvalue weighted by Gasteiger charge is 2.19. The van der Waals surface area contributed by atoms with Crippen LogP contribution in [0, 0.1) is 0 Å². The van der Waals surface area contributed by atoms with Crippen LogP contribution < -0.4 is 14.8 Å². The zero-order chi connectivity index (χ0) is 20.1. The number of ketones is 1. The molecule has 1 heterocycles. The molecule has 0 fully saturated rings. The predicted octanol–water partition coefficient (Wildman–Crippen LogP) is 3.28. The van der Waals surface area contributed by atoms with E-state index in [0.29, 0.717) is 27.6 Å². The second kappa shape index (κ2) is 8.79. The molecule has 1 unspecified atom stereocenters. The zero-order valence-corrected chi connectivity index (χ0v) is 16.2. The summed E-state index contributed by atoms with van der Waals surface area (Å²) in [5.41, 5.74) is 0.911. The van der Waals surface area contributed by atoms with Crippen LogP contribution in [-0.4, -0.2) is 36.3 Å². The fraction of sp³-hybridized carbons (Fsp3) is 0.250. The minimum Gasteiger partial charge on any atom is -0.454 e. The molecular weight excluding hydrogens is 382 g/mol. The smallest absolute Gasteiger partial charge is 0.339 e. The van der Waals surface area contributed by atoms with E-state index >= 15 is 0 Å². The van der Waals surface area contributed by atoms with E-state index in [1.807, 2.05) is 0 Å². The average Bonchev–Trinajstić information content (AvgIpc) is 3.14. The minimum atomic E-state index is -0.820. The summed E-state index contributed by atoms with van der Waals surface area (Å²) in [5.74, 6) is 0.256. The Labute approximate surface area is 166 Å². The van der Waals surface area contributed by atoms with Crippen molar-refractivity contribution in [3.05, 3.63) is 48.0 Å². The number of hydrogen-bond acceptors (Lipinski definition) is 7. The van der Waals surface area contributed by atoms with Gasteiger partial charge in [-0.3, -0.25) is 9.59 Å². The number of hydrogen-bond donors (Lipinski definition) is 1. The first kappa shape index (κ1) is 19.8. The average molecular weight is 401 g/mol. The molecule has 8 heteroatoms. The summed E-state index contributed by atoms with van der Waals surface area (Å²) in [6.45, 7) is 3.05. The molecule has 1 aliphatic heterocycles. The fourth-order valence-electron chi connectivity index (χ4n) is 2.38. The molecule has 146 valence electrons. The largest absolute Gasteiger partial charge is 0.454 e. The van der Waals surface area contributed by atoms with E-state index in [1.54, 1.807) is 42.5 Å². The van der Waals surface area contributed by atoms with E-state index in [1.165, 1.54) is 25.6 Å².